The Morgan fingerprint density at radius 3 is 2.69 bits per heavy atom. The van der Waals surface area contributed by atoms with Crippen LogP contribution >= 0.6 is 0 Å². The molecule has 0 spiro atoms. The van der Waals surface area contributed by atoms with Gasteiger partial charge in [0.15, 0.2) is 0 Å². The second kappa shape index (κ2) is 6.20. The van der Waals surface area contributed by atoms with Gasteiger partial charge in [0, 0.05) is 30.0 Å². The summed E-state index contributed by atoms with van der Waals surface area (Å²) in [6, 6.07) is 7.67. The molecule has 2 atom stereocenters. The summed E-state index contributed by atoms with van der Waals surface area (Å²) in [5, 5.41) is 11.3. The van der Waals surface area contributed by atoms with Gasteiger partial charge >= 0.3 is 5.69 Å². The number of rotatable bonds is 4. The van der Waals surface area contributed by atoms with E-state index in [2.05, 4.69) is 6.07 Å². The number of benzene rings is 2. The number of fused-ring (bicyclic) bond motifs is 2. The molecule has 0 bridgehead atoms. The number of anilines is 1. The molecule has 0 fully saturated rings. The molecule has 2 aliphatic heterocycles. The summed E-state index contributed by atoms with van der Waals surface area (Å²) in [5.41, 5.74) is 11.0. The molecule has 0 aliphatic carbocycles. The second-order valence-corrected chi connectivity index (χ2v) is 7.32. The van der Waals surface area contributed by atoms with Crippen molar-refractivity contribution in [2.45, 2.75) is 51.7 Å². The van der Waals surface area contributed by atoms with Crippen LogP contribution in [0.1, 0.15) is 35.6 Å². The van der Waals surface area contributed by atoms with E-state index in [4.69, 9.17) is 15.2 Å². The number of nitrogens with zero attached hydrogens (tertiary/aromatic N) is 1. The molecular weight excluding hydrogens is 332 g/mol. The van der Waals surface area contributed by atoms with Gasteiger partial charge in [-0.25, -0.2) is 0 Å². The molecule has 0 radical (unpaired) electrons. The molecule has 2 N–H and O–H groups in total. The van der Waals surface area contributed by atoms with Crippen LogP contribution in [-0.2, 0) is 19.3 Å². The zero-order chi connectivity index (χ0) is 18.4. The summed E-state index contributed by atoms with van der Waals surface area (Å²) in [4.78, 5) is 10.9. The molecule has 2 aliphatic rings. The first-order valence-corrected chi connectivity index (χ1v) is 8.93. The Hall–Kier alpha value is -2.76. The van der Waals surface area contributed by atoms with Crippen molar-refractivity contribution in [2.24, 2.45) is 0 Å². The van der Waals surface area contributed by atoms with Gasteiger partial charge in [-0.3, -0.25) is 10.1 Å². The van der Waals surface area contributed by atoms with Gasteiger partial charge in [0.2, 0.25) is 5.75 Å². The summed E-state index contributed by atoms with van der Waals surface area (Å²) in [7, 11) is 0. The van der Waals surface area contributed by atoms with Crippen LogP contribution in [0.3, 0.4) is 0 Å². The van der Waals surface area contributed by atoms with Crippen LogP contribution in [0.25, 0.3) is 0 Å². The quantitative estimate of drug-likeness (QED) is 0.513. The summed E-state index contributed by atoms with van der Waals surface area (Å²) in [5.74, 6) is 1.25. The van der Waals surface area contributed by atoms with Gasteiger partial charge in [-0.15, -0.1) is 0 Å². The molecule has 6 nitrogen and oxygen atoms in total. The molecule has 4 rings (SSSR count). The van der Waals surface area contributed by atoms with Gasteiger partial charge in [-0.05, 0) is 43.9 Å². The van der Waals surface area contributed by atoms with Gasteiger partial charge in [-0.1, -0.05) is 12.1 Å². The molecular formula is C20H22N2O4. The van der Waals surface area contributed by atoms with Crippen molar-refractivity contribution >= 4 is 11.4 Å². The molecule has 0 aromatic heterocycles. The maximum Gasteiger partial charge on any atom is 0.311 e. The van der Waals surface area contributed by atoms with Crippen LogP contribution in [0.4, 0.5) is 11.4 Å². The van der Waals surface area contributed by atoms with Gasteiger partial charge in [0.1, 0.15) is 18.0 Å². The lowest BCUT2D eigenvalue weighted by atomic mass is 9.99. The number of nitrogens with two attached hydrogens (primary N) is 1. The van der Waals surface area contributed by atoms with Crippen LogP contribution in [0.15, 0.2) is 24.3 Å². The van der Waals surface area contributed by atoms with E-state index in [1.54, 1.807) is 6.07 Å². The fourth-order valence-corrected chi connectivity index (χ4v) is 3.97. The van der Waals surface area contributed by atoms with Crippen LogP contribution in [0, 0.1) is 17.0 Å². The topological polar surface area (TPSA) is 87.6 Å². The lowest BCUT2D eigenvalue weighted by Crippen LogP contribution is -2.14. The highest BCUT2D eigenvalue weighted by Crippen LogP contribution is 2.40. The van der Waals surface area contributed by atoms with Crippen LogP contribution < -0.4 is 15.2 Å². The molecule has 2 heterocycles. The SMILES string of the molecule is Cc1cc2c(c([N+](=O)[O-])c1)OC(CCc1cc(N)c3c(c1)C[C@@H](C)O3)C2. The molecule has 0 amide bonds. The zero-order valence-corrected chi connectivity index (χ0v) is 15.0. The molecule has 2 aromatic carbocycles. The Balaban J connectivity index is 1.47. The van der Waals surface area contributed by atoms with E-state index in [0.29, 0.717) is 17.9 Å². The van der Waals surface area contributed by atoms with E-state index >= 15 is 0 Å². The van der Waals surface area contributed by atoms with Gasteiger partial charge in [-0.2, -0.15) is 0 Å². The van der Waals surface area contributed by atoms with Gasteiger partial charge in [0.05, 0.1) is 10.6 Å². The molecule has 0 saturated heterocycles. The third-order valence-corrected chi connectivity index (χ3v) is 5.06. The third-order valence-electron chi connectivity index (χ3n) is 5.06. The zero-order valence-electron chi connectivity index (χ0n) is 15.0. The normalized spacial score (nSPS) is 20.2. The second-order valence-electron chi connectivity index (χ2n) is 7.32. The van der Waals surface area contributed by atoms with Crippen molar-refractivity contribution in [3.8, 4) is 11.5 Å². The average Bonchev–Trinajstić information content (AvgIpc) is 3.14. The maximum atomic E-state index is 11.3. The summed E-state index contributed by atoms with van der Waals surface area (Å²) in [6.07, 6.45) is 3.31. The van der Waals surface area contributed by atoms with Crippen molar-refractivity contribution < 1.29 is 14.4 Å². The number of aryl methyl sites for hydroxylation is 2. The number of ether oxygens (including phenoxy) is 2. The number of hydrogen-bond donors (Lipinski definition) is 1. The van der Waals surface area contributed by atoms with Crippen molar-refractivity contribution in [1.82, 2.24) is 0 Å². The average molecular weight is 354 g/mol. The molecule has 6 heteroatoms. The predicted octanol–water partition coefficient (Wildman–Crippen LogP) is 3.75. The minimum absolute atomic E-state index is 0.0462. The molecule has 0 saturated carbocycles. The lowest BCUT2D eigenvalue weighted by molar-refractivity contribution is -0.385. The van der Waals surface area contributed by atoms with E-state index in [1.807, 2.05) is 26.0 Å². The first kappa shape index (κ1) is 16.7. The Morgan fingerprint density at radius 2 is 1.92 bits per heavy atom. The van der Waals surface area contributed by atoms with E-state index < -0.39 is 0 Å². The van der Waals surface area contributed by atoms with E-state index in [9.17, 15) is 10.1 Å². The summed E-state index contributed by atoms with van der Waals surface area (Å²) in [6.45, 7) is 3.91. The van der Waals surface area contributed by atoms with Crippen LogP contribution in [0.5, 0.6) is 11.5 Å². The fraction of sp³-hybridized carbons (Fsp3) is 0.400. The standard InChI is InChI=1S/C20H22N2O4/c1-11-5-14-10-16(26-20(14)18(6-11)22(23)24)4-3-13-8-15-7-12(2)25-19(15)17(21)9-13/h5-6,8-9,12,16H,3-4,7,10,21H2,1-2H3/t12-,16?/m1/s1. The number of hydrogen-bond acceptors (Lipinski definition) is 5. The minimum atomic E-state index is -0.365. The summed E-state index contributed by atoms with van der Waals surface area (Å²) < 4.78 is 11.7. The predicted molar refractivity (Wildman–Crippen MR) is 98.9 cm³/mol. The smallest absolute Gasteiger partial charge is 0.311 e. The number of nitro groups is 1. The maximum absolute atomic E-state index is 11.3. The van der Waals surface area contributed by atoms with Gasteiger partial charge in [0.25, 0.3) is 0 Å². The Bertz CT molecular complexity index is 894. The highest BCUT2D eigenvalue weighted by Gasteiger charge is 2.30. The van der Waals surface area contributed by atoms with Crippen molar-refractivity contribution in [2.75, 3.05) is 5.73 Å². The van der Waals surface area contributed by atoms with Crippen molar-refractivity contribution in [3.63, 3.8) is 0 Å². The molecule has 26 heavy (non-hydrogen) atoms. The monoisotopic (exact) mass is 354 g/mol. The lowest BCUT2D eigenvalue weighted by Gasteiger charge is -2.12. The molecule has 1 unspecified atom stereocenters. The van der Waals surface area contributed by atoms with E-state index in [1.165, 1.54) is 0 Å². The number of nitro benzene ring substituents is 1. The fourth-order valence-electron chi connectivity index (χ4n) is 3.97. The van der Waals surface area contributed by atoms with E-state index in [0.717, 1.165) is 47.3 Å². The third kappa shape index (κ3) is 2.96. The van der Waals surface area contributed by atoms with Crippen LogP contribution in [0.2, 0.25) is 0 Å². The highest BCUT2D eigenvalue weighted by atomic mass is 16.6. The first-order chi connectivity index (χ1) is 12.4. The van der Waals surface area contributed by atoms with Crippen molar-refractivity contribution in [1.29, 1.82) is 0 Å². The van der Waals surface area contributed by atoms with E-state index in [-0.39, 0.29) is 22.8 Å². The Labute approximate surface area is 152 Å². The van der Waals surface area contributed by atoms with Gasteiger partial charge < -0.3 is 15.2 Å². The highest BCUT2D eigenvalue weighted by molar-refractivity contribution is 5.61. The minimum Gasteiger partial charge on any atom is -0.488 e. The number of nitrogen functional groups attached to an aromatic ring is 1. The first-order valence-electron chi connectivity index (χ1n) is 8.93. The van der Waals surface area contributed by atoms with Crippen molar-refractivity contribution in [3.05, 3.63) is 56.6 Å². The Morgan fingerprint density at radius 1 is 1.15 bits per heavy atom. The molecule has 136 valence electrons. The summed E-state index contributed by atoms with van der Waals surface area (Å²) >= 11 is 0. The largest absolute Gasteiger partial charge is 0.488 e. The Kier molecular flexibility index (Phi) is 3.98. The molecule has 2 aromatic rings. The van der Waals surface area contributed by atoms with Crippen LogP contribution in [-0.4, -0.2) is 17.1 Å².